The molecule has 136 valence electrons. The Hall–Kier alpha value is -1.53. The highest BCUT2D eigenvalue weighted by atomic mass is 32.2. The number of nitrogens with one attached hydrogen (secondary N) is 1. The van der Waals surface area contributed by atoms with E-state index in [-0.39, 0.29) is 5.91 Å². The zero-order valence-corrected chi connectivity index (χ0v) is 16.2. The topological polar surface area (TPSA) is 50.2 Å². The molecule has 1 atom stereocenters. The number of nitrogens with zero attached hydrogens (tertiary/aromatic N) is 3. The van der Waals surface area contributed by atoms with E-state index in [4.69, 9.17) is 0 Å². The van der Waals surface area contributed by atoms with E-state index in [9.17, 15) is 4.79 Å². The zero-order chi connectivity index (χ0) is 17.8. The normalized spacial score (nSPS) is 18.3. The first-order valence-electron chi connectivity index (χ1n) is 9.02. The molecule has 2 aromatic rings. The van der Waals surface area contributed by atoms with Crippen molar-refractivity contribution >= 4 is 28.7 Å². The molecule has 0 radical (unpaired) electrons. The van der Waals surface area contributed by atoms with Gasteiger partial charge in [0, 0.05) is 19.1 Å². The molecule has 1 amide bonds. The highest BCUT2D eigenvalue weighted by Crippen LogP contribution is 2.20. The molecule has 1 aromatic heterocycles. The Morgan fingerprint density at radius 2 is 2.20 bits per heavy atom. The van der Waals surface area contributed by atoms with Crippen molar-refractivity contribution in [2.75, 3.05) is 25.9 Å². The van der Waals surface area contributed by atoms with Crippen molar-refractivity contribution in [3.8, 4) is 0 Å². The van der Waals surface area contributed by atoms with Crippen molar-refractivity contribution in [2.24, 2.45) is 5.92 Å². The van der Waals surface area contributed by atoms with E-state index in [1.54, 1.807) is 11.8 Å². The van der Waals surface area contributed by atoms with Gasteiger partial charge in [0.1, 0.15) is 12.4 Å². The van der Waals surface area contributed by atoms with Gasteiger partial charge in [-0.2, -0.15) is 11.8 Å². The average molecular weight is 361 g/mol. The Balaban J connectivity index is 1.61. The van der Waals surface area contributed by atoms with Gasteiger partial charge in [0.05, 0.1) is 16.8 Å². The number of likely N-dealkylation sites (tertiary alicyclic amines) is 1. The molecule has 1 aliphatic rings. The van der Waals surface area contributed by atoms with Crippen LogP contribution in [0.1, 0.15) is 26.1 Å². The van der Waals surface area contributed by atoms with E-state index >= 15 is 0 Å². The van der Waals surface area contributed by atoms with E-state index in [2.05, 4.69) is 39.9 Å². The number of benzene rings is 1. The standard InChI is InChI=1S/C19H28N4OS/c1-14(2)22-9-8-15(11-22)10-20-19(24)12-23-17-7-5-4-6-16(17)21-18(23)13-25-3/h4-7,14-15H,8-13H2,1-3H3,(H,20,24). The molecule has 1 aromatic carbocycles. The first kappa shape index (κ1) is 18.3. The number of carbonyl (C=O) groups is 1. The largest absolute Gasteiger partial charge is 0.354 e. The summed E-state index contributed by atoms with van der Waals surface area (Å²) >= 11 is 1.73. The molecule has 0 spiro atoms. The summed E-state index contributed by atoms with van der Waals surface area (Å²) in [5, 5.41) is 3.14. The maximum atomic E-state index is 12.5. The van der Waals surface area contributed by atoms with E-state index in [1.807, 2.05) is 24.3 Å². The van der Waals surface area contributed by atoms with Crippen molar-refractivity contribution < 1.29 is 4.79 Å². The molecule has 0 aliphatic carbocycles. The highest BCUT2D eigenvalue weighted by molar-refractivity contribution is 7.97. The zero-order valence-electron chi connectivity index (χ0n) is 15.4. The van der Waals surface area contributed by atoms with Gasteiger partial charge in [0.15, 0.2) is 0 Å². The number of para-hydroxylation sites is 2. The van der Waals surface area contributed by atoms with Crippen molar-refractivity contribution in [3.63, 3.8) is 0 Å². The lowest BCUT2D eigenvalue weighted by molar-refractivity contribution is -0.121. The molecule has 0 bridgehead atoms. The molecule has 25 heavy (non-hydrogen) atoms. The van der Waals surface area contributed by atoms with Crippen LogP contribution in [0.4, 0.5) is 0 Å². The number of thioether (sulfide) groups is 1. The number of amides is 1. The lowest BCUT2D eigenvalue weighted by atomic mass is 10.1. The Morgan fingerprint density at radius 3 is 2.92 bits per heavy atom. The van der Waals surface area contributed by atoms with Crippen molar-refractivity contribution in [1.82, 2.24) is 19.8 Å². The molecule has 6 heteroatoms. The second kappa shape index (κ2) is 8.23. The Bertz CT molecular complexity index is 727. The third-order valence-electron chi connectivity index (χ3n) is 4.94. The van der Waals surface area contributed by atoms with E-state index < -0.39 is 0 Å². The maximum Gasteiger partial charge on any atom is 0.240 e. The fraction of sp³-hybridized carbons (Fsp3) is 0.579. The van der Waals surface area contributed by atoms with Gasteiger partial charge in [0.25, 0.3) is 0 Å². The summed E-state index contributed by atoms with van der Waals surface area (Å²) < 4.78 is 2.05. The van der Waals surface area contributed by atoms with Gasteiger partial charge in [-0.25, -0.2) is 4.98 Å². The van der Waals surface area contributed by atoms with Crippen molar-refractivity contribution in [2.45, 2.75) is 38.6 Å². The smallest absolute Gasteiger partial charge is 0.240 e. The summed E-state index contributed by atoms with van der Waals surface area (Å²) in [7, 11) is 0. The van der Waals surface area contributed by atoms with E-state index in [0.29, 0.717) is 18.5 Å². The van der Waals surface area contributed by atoms with Gasteiger partial charge < -0.3 is 14.8 Å². The number of aromatic nitrogens is 2. The van der Waals surface area contributed by atoms with E-state index in [0.717, 1.165) is 42.2 Å². The molecule has 5 nitrogen and oxygen atoms in total. The van der Waals surface area contributed by atoms with Crippen LogP contribution in [-0.2, 0) is 17.1 Å². The highest BCUT2D eigenvalue weighted by Gasteiger charge is 2.24. The fourth-order valence-corrected chi connectivity index (χ4v) is 3.98. The van der Waals surface area contributed by atoms with Gasteiger partial charge in [-0.05, 0) is 51.1 Å². The Morgan fingerprint density at radius 1 is 1.40 bits per heavy atom. The average Bonchev–Trinajstić information content (AvgIpc) is 3.19. The minimum atomic E-state index is 0.0773. The summed E-state index contributed by atoms with van der Waals surface area (Å²) in [4.78, 5) is 19.7. The van der Waals surface area contributed by atoms with Gasteiger partial charge in [-0.15, -0.1) is 0 Å². The molecule has 2 heterocycles. The number of hydrogen-bond acceptors (Lipinski definition) is 4. The lowest BCUT2D eigenvalue weighted by Gasteiger charge is -2.20. The van der Waals surface area contributed by atoms with Gasteiger partial charge >= 0.3 is 0 Å². The summed E-state index contributed by atoms with van der Waals surface area (Å²) in [6.45, 7) is 7.81. The predicted molar refractivity (Wildman–Crippen MR) is 105 cm³/mol. The first-order chi connectivity index (χ1) is 12.1. The van der Waals surface area contributed by atoms with Crippen LogP contribution in [0.2, 0.25) is 0 Å². The van der Waals surface area contributed by atoms with Crippen molar-refractivity contribution in [3.05, 3.63) is 30.1 Å². The van der Waals surface area contributed by atoms with Crippen LogP contribution in [0.25, 0.3) is 11.0 Å². The monoisotopic (exact) mass is 360 g/mol. The molecule has 1 fully saturated rings. The Kier molecular flexibility index (Phi) is 6.02. The van der Waals surface area contributed by atoms with Gasteiger partial charge in [0.2, 0.25) is 5.91 Å². The first-order valence-corrected chi connectivity index (χ1v) is 10.4. The third-order valence-corrected chi connectivity index (χ3v) is 5.49. The minimum absolute atomic E-state index is 0.0773. The lowest BCUT2D eigenvalue weighted by Crippen LogP contribution is -2.34. The fourth-order valence-electron chi connectivity index (χ4n) is 3.50. The van der Waals surface area contributed by atoms with Crippen LogP contribution >= 0.6 is 11.8 Å². The molecular formula is C19H28N4OS. The minimum Gasteiger partial charge on any atom is -0.354 e. The van der Waals surface area contributed by atoms with Crippen molar-refractivity contribution in [1.29, 1.82) is 0 Å². The van der Waals surface area contributed by atoms with Crippen LogP contribution < -0.4 is 5.32 Å². The molecule has 1 unspecified atom stereocenters. The summed E-state index contributed by atoms with van der Waals surface area (Å²) in [5.74, 6) is 2.43. The molecule has 1 aliphatic heterocycles. The van der Waals surface area contributed by atoms with Gasteiger partial charge in [-0.3, -0.25) is 4.79 Å². The quantitative estimate of drug-likeness (QED) is 0.825. The second-order valence-corrected chi connectivity index (χ2v) is 7.95. The number of hydrogen-bond donors (Lipinski definition) is 1. The van der Waals surface area contributed by atoms with Crippen LogP contribution in [0.15, 0.2) is 24.3 Å². The summed E-state index contributed by atoms with van der Waals surface area (Å²) in [5.41, 5.74) is 2.00. The van der Waals surface area contributed by atoms with Gasteiger partial charge in [-0.1, -0.05) is 12.1 Å². The van der Waals surface area contributed by atoms with Crippen LogP contribution in [0.5, 0.6) is 0 Å². The summed E-state index contributed by atoms with van der Waals surface area (Å²) in [6, 6.07) is 8.62. The third kappa shape index (κ3) is 4.36. The number of fused-ring (bicyclic) bond motifs is 1. The maximum absolute atomic E-state index is 12.5. The molecule has 3 rings (SSSR count). The molecule has 1 saturated heterocycles. The van der Waals surface area contributed by atoms with Crippen LogP contribution in [0, 0.1) is 5.92 Å². The second-order valence-electron chi connectivity index (χ2n) is 7.08. The Labute approximate surface area is 154 Å². The van der Waals surface area contributed by atoms with Crippen LogP contribution in [0.3, 0.4) is 0 Å². The number of imidazole rings is 1. The SMILES string of the molecule is CSCc1nc2ccccc2n1CC(=O)NCC1CCN(C(C)C)C1. The predicted octanol–water partition coefficient (Wildman–Crippen LogP) is 2.75. The van der Waals surface area contributed by atoms with E-state index in [1.165, 1.54) is 6.42 Å². The molecular weight excluding hydrogens is 332 g/mol. The number of rotatable bonds is 7. The number of carbonyl (C=O) groups excluding carboxylic acids is 1. The summed E-state index contributed by atoms with van der Waals surface area (Å²) in [6.07, 6.45) is 3.23. The molecule has 1 N–H and O–H groups in total. The molecule has 0 saturated carbocycles. The van der Waals surface area contributed by atoms with Crippen LogP contribution in [-0.4, -0.2) is 52.3 Å².